The molecule has 0 atom stereocenters. The third-order valence-corrected chi connectivity index (χ3v) is 4.99. The van der Waals surface area contributed by atoms with Gasteiger partial charge in [-0.25, -0.2) is 9.97 Å². The molecule has 0 aliphatic carbocycles. The zero-order valence-corrected chi connectivity index (χ0v) is 16.8. The van der Waals surface area contributed by atoms with Crippen molar-refractivity contribution in [1.29, 1.82) is 0 Å². The number of nitrogens with one attached hydrogen (secondary N) is 2. The van der Waals surface area contributed by atoms with Crippen molar-refractivity contribution >= 4 is 28.8 Å². The van der Waals surface area contributed by atoms with Crippen LogP contribution in [0.2, 0.25) is 0 Å². The molecular formula is C23H25N5O. The molecule has 6 heteroatoms. The molecule has 0 radical (unpaired) electrons. The number of benzene rings is 2. The average Bonchev–Trinajstić information content (AvgIpc) is 3.23. The minimum absolute atomic E-state index is 0.259. The lowest BCUT2D eigenvalue weighted by molar-refractivity contribution is 0.102. The van der Waals surface area contributed by atoms with Gasteiger partial charge in [0, 0.05) is 36.2 Å². The van der Waals surface area contributed by atoms with Gasteiger partial charge in [-0.05, 0) is 74.2 Å². The minimum Gasteiger partial charge on any atom is -0.372 e. The highest BCUT2D eigenvalue weighted by Crippen LogP contribution is 2.23. The van der Waals surface area contributed by atoms with Gasteiger partial charge in [0.15, 0.2) is 0 Å². The number of carbonyl (C=O) groups excluding carboxylic acids is 1. The Kier molecular flexibility index (Phi) is 5.42. The van der Waals surface area contributed by atoms with Crippen molar-refractivity contribution in [2.24, 2.45) is 0 Å². The summed E-state index contributed by atoms with van der Waals surface area (Å²) in [6.45, 7) is 6.30. The number of aryl methyl sites for hydroxylation is 2. The van der Waals surface area contributed by atoms with Gasteiger partial charge in [-0.2, -0.15) is 0 Å². The van der Waals surface area contributed by atoms with Crippen molar-refractivity contribution in [3.05, 3.63) is 71.7 Å². The lowest BCUT2D eigenvalue weighted by Crippen LogP contribution is -2.18. The van der Waals surface area contributed by atoms with E-state index in [1.807, 2.05) is 50.2 Å². The zero-order valence-electron chi connectivity index (χ0n) is 16.8. The van der Waals surface area contributed by atoms with E-state index in [2.05, 4.69) is 31.6 Å². The van der Waals surface area contributed by atoms with Crippen LogP contribution < -0.4 is 15.5 Å². The van der Waals surface area contributed by atoms with Crippen molar-refractivity contribution in [2.75, 3.05) is 28.6 Å². The molecule has 0 bridgehead atoms. The summed E-state index contributed by atoms with van der Waals surface area (Å²) in [6, 6.07) is 15.8. The topological polar surface area (TPSA) is 70.2 Å². The number of amides is 1. The molecule has 148 valence electrons. The first kappa shape index (κ1) is 18.9. The Hall–Kier alpha value is -3.41. The van der Waals surface area contributed by atoms with Gasteiger partial charge in [0.2, 0.25) is 0 Å². The van der Waals surface area contributed by atoms with Crippen molar-refractivity contribution in [2.45, 2.75) is 26.7 Å². The number of anilines is 4. The fourth-order valence-corrected chi connectivity index (χ4v) is 3.67. The van der Waals surface area contributed by atoms with E-state index in [4.69, 9.17) is 0 Å². The molecular weight excluding hydrogens is 362 g/mol. The summed E-state index contributed by atoms with van der Waals surface area (Å²) >= 11 is 0. The summed E-state index contributed by atoms with van der Waals surface area (Å²) in [6.07, 6.45) is 3.88. The highest BCUT2D eigenvalue weighted by atomic mass is 16.1. The molecule has 3 aromatic rings. The standard InChI is InChI=1S/C23H25N5O/c1-16-11-17(2)13-19(12-16)26-22-14-21(24-15-25-22)23(29)27-18-5-7-20(8-6-18)28-9-3-4-10-28/h5-8,11-15H,3-4,9-10H2,1-2H3,(H,27,29)(H,24,25,26). The summed E-state index contributed by atoms with van der Waals surface area (Å²) in [5, 5.41) is 6.16. The Morgan fingerprint density at radius 1 is 0.897 bits per heavy atom. The fraction of sp³-hybridized carbons (Fsp3) is 0.261. The van der Waals surface area contributed by atoms with Crippen LogP contribution >= 0.6 is 0 Å². The Morgan fingerprint density at radius 3 is 2.28 bits per heavy atom. The van der Waals surface area contributed by atoms with E-state index in [9.17, 15) is 4.79 Å². The number of carbonyl (C=O) groups is 1. The second-order valence-electron chi connectivity index (χ2n) is 7.49. The predicted molar refractivity (Wildman–Crippen MR) is 117 cm³/mol. The van der Waals surface area contributed by atoms with Gasteiger partial charge in [-0.1, -0.05) is 6.07 Å². The van der Waals surface area contributed by atoms with Crippen LogP contribution in [0, 0.1) is 13.8 Å². The van der Waals surface area contributed by atoms with E-state index in [0.29, 0.717) is 11.5 Å². The van der Waals surface area contributed by atoms with E-state index >= 15 is 0 Å². The van der Waals surface area contributed by atoms with Crippen LogP contribution in [-0.2, 0) is 0 Å². The van der Waals surface area contributed by atoms with Gasteiger partial charge < -0.3 is 15.5 Å². The van der Waals surface area contributed by atoms with E-state index < -0.39 is 0 Å². The molecule has 4 rings (SSSR count). The zero-order chi connectivity index (χ0) is 20.2. The molecule has 1 fully saturated rings. The van der Waals surface area contributed by atoms with Gasteiger partial charge in [0.05, 0.1) is 0 Å². The predicted octanol–water partition coefficient (Wildman–Crippen LogP) is 4.69. The van der Waals surface area contributed by atoms with Crippen LogP contribution in [0.25, 0.3) is 0 Å². The summed E-state index contributed by atoms with van der Waals surface area (Å²) in [4.78, 5) is 23.3. The summed E-state index contributed by atoms with van der Waals surface area (Å²) < 4.78 is 0. The van der Waals surface area contributed by atoms with Crippen LogP contribution in [-0.4, -0.2) is 29.0 Å². The molecule has 0 spiro atoms. The molecule has 1 aliphatic rings. The van der Waals surface area contributed by atoms with Crippen LogP contribution in [0.3, 0.4) is 0 Å². The number of hydrogen-bond acceptors (Lipinski definition) is 5. The molecule has 0 saturated carbocycles. The minimum atomic E-state index is -0.259. The molecule has 2 N–H and O–H groups in total. The lowest BCUT2D eigenvalue weighted by atomic mass is 10.1. The summed E-state index contributed by atoms with van der Waals surface area (Å²) in [5.74, 6) is 0.323. The molecule has 1 aromatic heterocycles. The highest BCUT2D eigenvalue weighted by Gasteiger charge is 2.13. The Morgan fingerprint density at radius 2 is 1.59 bits per heavy atom. The molecule has 2 aromatic carbocycles. The maximum absolute atomic E-state index is 12.6. The normalized spacial score (nSPS) is 13.4. The van der Waals surface area contributed by atoms with Gasteiger partial charge in [0.25, 0.3) is 5.91 Å². The average molecular weight is 387 g/mol. The van der Waals surface area contributed by atoms with E-state index in [1.165, 1.54) is 24.9 Å². The largest absolute Gasteiger partial charge is 0.372 e. The summed E-state index contributed by atoms with van der Waals surface area (Å²) in [7, 11) is 0. The van der Waals surface area contributed by atoms with E-state index in [-0.39, 0.29) is 5.91 Å². The van der Waals surface area contributed by atoms with Gasteiger partial charge in [-0.15, -0.1) is 0 Å². The van der Waals surface area contributed by atoms with Gasteiger partial charge >= 0.3 is 0 Å². The molecule has 1 saturated heterocycles. The Labute approximate surface area is 171 Å². The number of nitrogens with zero attached hydrogens (tertiary/aromatic N) is 3. The first-order chi connectivity index (χ1) is 14.1. The SMILES string of the molecule is Cc1cc(C)cc(Nc2cc(C(=O)Nc3ccc(N4CCCC4)cc3)ncn2)c1. The molecule has 1 amide bonds. The first-order valence-corrected chi connectivity index (χ1v) is 9.90. The maximum Gasteiger partial charge on any atom is 0.274 e. The fourth-order valence-electron chi connectivity index (χ4n) is 3.67. The number of aromatic nitrogens is 2. The summed E-state index contributed by atoms with van der Waals surface area (Å²) in [5.41, 5.74) is 5.53. The monoisotopic (exact) mass is 387 g/mol. The van der Waals surface area contributed by atoms with Crippen LogP contribution in [0.4, 0.5) is 22.9 Å². The molecule has 1 aliphatic heterocycles. The highest BCUT2D eigenvalue weighted by molar-refractivity contribution is 6.03. The second kappa shape index (κ2) is 8.31. The van der Waals surface area contributed by atoms with Gasteiger partial charge in [-0.3, -0.25) is 4.79 Å². The van der Waals surface area contributed by atoms with Crippen molar-refractivity contribution < 1.29 is 4.79 Å². The van der Waals surface area contributed by atoms with Crippen molar-refractivity contribution in [1.82, 2.24) is 9.97 Å². The second-order valence-corrected chi connectivity index (χ2v) is 7.49. The Balaban J connectivity index is 1.44. The first-order valence-electron chi connectivity index (χ1n) is 9.90. The quantitative estimate of drug-likeness (QED) is 0.665. The van der Waals surface area contributed by atoms with Crippen LogP contribution in [0.1, 0.15) is 34.5 Å². The lowest BCUT2D eigenvalue weighted by Gasteiger charge is -2.17. The van der Waals surface area contributed by atoms with Crippen molar-refractivity contribution in [3.8, 4) is 0 Å². The Bertz CT molecular complexity index is 990. The van der Waals surface area contributed by atoms with E-state index in [1.54, 1.807) is 6.07 Å². The molecule has 2 heterocycles. The molecule has 6 nitrogen and oxygen atoms in total. The van der Waals surface area contributed by atoms with Crippen LogP contribution in [0.15, 0.2) is 54.9 Å². The maximum atomic E-state index is 12.6. The molecule has 29 heavy (non-hydrogen) atoms. The number of rotatable bonds is 5. The van der Waals surface area contributed by atoms with Gasteiger partial charge in [0.1, 0.15) is 17.8 Å². The number of hydrogen-bond donors (Lipinski definition) is 2. The molecule has 0 unspecified atom stereocenters. The van der Waals surface area contributed by atoms with E-state index in [0.717, 1.165) is 35.6 Å². The third-order valence-electron chi connectivity index (χ3n) is 4.99. The third kappa shape index (κ3) is 4.71. The van der Waals surface area contributed by atoms with Crippen molar-refractivity contribution in [3.63, 3.8) is 0 Å². The smallest absolute Gasteiger partial charge is 0.274 e. The van der Waals surface area contributed by atoms with Crippen LogP contribution in [0.5, 0.6) is 0 Å².